The van der Waals surface area contributed by atoms with Gasteiger partial charge in [-0.15, -0.1) is 0 Å². The van der Waals surface area contributed by atoms with E-state index in [9.17, 15) is 0 Å². The van der Waals surface area contributed by atoms with Gasteiger partial charge >= 0.3 is 0 Å². The highest BCUT2D eigenvalue weighted by molar-refractivity contribution is 6.32. The summed E-state index contributed by atoms with van der Waals surface area (Å²) in [6.07, 6.45) is 0.884. The van der Waals surface area contributed by atoms with E-state index in [0.29, 0.717) is 30.5 Å². The molecule has 0 aromatic heterocycles. The SMILES string of the molecule is Cc1ccc(OCCOc2ccc(CCN)cc2)c(Cl)c1. The van der Waals surface area contributed by atoms with Gasteiger partial charge in [-0.25, -0.2) is 0 Å². The van der Waals surface area contributed by atoms with Crippen LogP contribution in [0.3, 0.4) is 0 Å². The van der Waals surface area contributed by atoms with Gasteiger partial charge in [-0.3, -0.25) is 0 Å². The summed E-state index contributed by atoms with van der Waals surface area (Å²) in [6.45, 7) is 3.58. The number of hydrogen-bond donors (Lipinski definition) is 1. The number of aryl methyl sites for hydroxylation is 1. The lowest BCUT2D eigenvalue weighted by molar-refractivity contribution is 0.217. The van der Waals surface area contributed by atoms with Gasteiger partial charge in [0.15, 0.2) is 0 Å². The van der Waals surface area contributed by atoms with Crippen molar-refractivity contribution in [3.63, 3.8) is 0 Å². The molecule has 2 N–H and O–H groups in total. The van der Waals surface area contributed by atoms with E-state index in [-0.39, 0.29) is 0 Å². The molecule has 0 aliphatic heterocycles. The van der Waals surface area contributed by atoms with Crippen molar-refractivity contribution in [1.29, 1.82) is 0 Å². The first-order valence-electron chi connectivity index (χ1n) is 7.00. The van der Waals surface area contributed by atoms with E-state index < -0.39 is 0 Å². The molecule has 0 saturated heterocycles. The van der Waals surface area contributed by atoms with Crippen molar-refractivity contribution in [2.24, 2.45) is 5.73 Å². The highest BCUT2D eigenvalue weighted by atomic mass is 35.5. The van der Waals surface area contributed by atoms with Crippen LogP contribution in [0.25, 0.3) is 0 Å². The number of hydrogen-bond acceptors (Lipinski definition) is 3. The second-order valence-electron chi connectivity index (χ2n) is 4.81. The number of benzene rings is 2. The molecular formula is C17H20ClNO2. The topological polar surface area (TPSA) is 44.5 Å². The van der Waals surface area contributed by atoms with Crippen LogP contribution in [0, 0.1) is 6.92 Å². The Morgan fingerprint density at radius 1 is 1.00 bits per heavy atom. The van der Waals surface area contributed by atoms with Crippen LogP contribution in [0.1, 0.15) is 11.1 Å². The van der Waals surface area contributed by atoms with Gasteiger partial charge in [0.2, 0.25) is 0 Å². The van der Waals surface area contributed by atoms with Crippen LogP contribution in [0.4, 0.5) is 0 Å². The number of rotatable bonds is 7. The fraction of sp³-hybridized carbons (Fsp3) is 0.294. The normalized spacial score (nSPS) is 10.4. The van der Waals surface area contributed by atoms with Crippen LogP contribution in [0.5, 0.6) is 11.5 Å². The Bertz CT molecular complexity index is 570. The van der Waals surface area contributed by atoms with Crippen LogP contribution < -0.4 is 15.2 Å². The molecule has 0 heterocycles. The largest absolute Gasteiger partial charge is 0.490 e. The second-order valence-corrected chi connectivity index (χ2v) is 5.22. The molecule has 2 aromatic carbocycles. The highest BCUT2D eigenvalue weighted by Gasteiger charge is 2.01. The van der Waals surface area contributed by atoms with Crippen LogP contribution in [0.2, 0.25) is 5.02 Å². The third-order valence-corrected chi connectivity index (χ3v) is 3.35. The summed E-state index contributed by atoms with van der Waals surface area (Å²) in [4.78, 5) is 0. The van der Waals surface area contributed by atoms with Crippen molar-refractivity contribution in [2.75, 3.05) is 19.8 Å². The minimum atomic E-state index is 0.452. The molecule has 2 rings (SSSR count). The lowest BCUT2D eigenvalue weighted by Crippen LogP contribution is -2.09. The molecule has 0 aliphatic rings. The van der Waals surface area contributed by atoms with Gasteiger partial charge in [0, 0.05) is 0 Å². The number of nitrogens with two attached hydrogens (primary N) is 1. The van der Waals surface area contributed by atoms with Gasteiger partial charge in [-0.05, 0) is 55.3 Å². The third kappa shape index (κ3) is 4.96. The maximum Gasteiger partial charge on any atom is 0.138 e. The minimum Gasteiger partial charge on any atom is -0.490 e. The Morgan fingerprint density at radius 2 is 1.71 bits per heavy atom. The Morgan fingerprint density at radius 3 is 2.38 bits per heavy atom. The summed E-state index contributed by atoms with van der Waals surface area (Å²) in [5, 5.41) is 0.626. The van der Waals surface area contributed by atoms with E-state index in [0.717, 1.165) is 17.7 Å². The smallest absolute Gasteiger partial charge is 0.138 e. The van der Waals surface area contributed by atoms with E-state index in [1.165, 1.54) is 5.56 Å². The number of ether oxygens (including phenoxy) is 2. The van der Waals surface area contributed by atoms with Gasteiger partial charge in [0.25, 0.3) is 0 Å². The average molecular weight is 306 g/mol. The first kappa shape index (κ1) is 15.7. The van der Waals surface area contributed by atoms with E-state index in [1.54, 1.807) is 0 Å². The van der Waals surface area contributed by atoms with Crippen molar-refractivity contribution in [3.05, 3.63) is 58.6 Å². The van der Waals surface area contributed by atoms with Crippen LogP contribution >= 0.6 is 11.6 Å². The summed E-state index contributed by atoms with van der Waals surface area (Å²) in [7, 11) is 0. The number of halogens is 1. The molecule has 0 unspecified atom stereocenters. The summed E-state index contributed by atoms with van der Waals surface area (Å²) in [6, 6.07) is 13.7. The molecule has 3 nitrogen and oxygen atoms in total. The molecule has 0 radical (unpaired) electrons. The van der Waals surface area contributed by atoms with Gasteiger partial charge in [0.1, 0.15) is 24.7 Å². The second kappa shape index (κ2) is 7.91. The summed E-state index contributed by atoms with van der Waals surface area (Å²) in [5.41, 5.74) is 7.84. The zero-order valence-corrected chi connectivity index (χ0v) is 12.9. The Balaban J connectivity index is 1.76. The summed E-state index contributed by atoms with van der Waals surface area (Å²) >= 11 is 6.10. The predicted molar refractivity (Wildman–Crippen MR) is 86.4 cm³/mol. The van der Waals surface area contributed by atoms with E-state index in [2.05, 4.69) is 0 Å². The van der Waals surface area contributed by atoms with Gasteiger partial charge < -0.3 is 15.2 Å². The maximum atomic E-state index is 6.10. The van der Waals surface area contributed by atoms with E-state index in [1.807, 2.05) is 49.4 Å². The molecule has 112 valence electrons. The molecule has 2 aromatic rings. The molecule has 0 spiro atoms. The summed E-state index contributed by atoms with van der Waals surface area (Å²) < 4.78 is 11.2. The molecule has 0 aliphatic carbocycles. The first-order valence-corrected chi connectivity index (χ1v) is 7.37. The molecule has 21 heavy (non-hydrogen) atoms. The van der Waals surface area contributed by atoms with Crippen molar-refractivity contribution < 1.29 is 9.47 Å². The van der Waals surface area contributed by atoms with E-state index in [4.69, 9.17) is 26.8 Å². The monoisotopic (exact) mass is 305 g/mol. The fourth-order valence-electron chi connectivity index (χ4n) is 1.95. The summed E-state index contributed by atoms with van der Waals surface area (Å²) in [5.74, 6) is 1.51. The fourth-order valence-corrected chi connectivity index (χ4v) is 2.24. The first-order chi connectivity index (χ1) is 10.2. The molecule has 0 fully saturated rings. The molecule has 4 heteroatoms. The zero-order valence-electron chi connectivity index (χ0n) is 12.1. The van der Waals surface area contributed by atoms with Gasteiger partial charge in [0.05, 0.1) is 5.02 Å². The molecule has 0 bridgehead atoms. The standard InChI is InChI=1S/C17H20ClNO2/c1-13-2-7-17(16(18)12-13)21-11-10-20-15-5-3-14(4-6-15)8-9-19/h2-7,12H,8-11,19H2,1H3. The lowest BCUT2D eigenvalue weighted by atomic mass is 10.1. The molecule has 0 amide bonds. The van der Waals surface area contributed by atoms with Crippen LogP contribution in [-0.4, -0.2) is 19.8 Å². The molecular weight excluding hydrogens is 286 g/mol. The van der Waals surface area contributed by atoms with Crippen molar-refractivity contribution in [1.82, 2.24) is 0 Å². The highest BCUT2D eigenvalue weighted by Crippen LogP contribution is 2.25. The van der Waals surface area contributed by atoms with Crippen LogP contribution in [-0.2, 0) is 6.42 Å². The third-order valence-electron chi connectivity index (χ3n) is 3.05. The zero-order chi connectivity index (χ0) is 15.1. The Labute approximate surface area is 130 Å². The van der Waals surface area contributed by atoms with Crippen LogP contribution in [0.15, 0.2) is 42.5 Å². The van der Waals surface area contributed by atoms with E-state index >= 15 is 0 Å². The Hall–Kier alpha value is -1.71. The molecule has 0 atom stereocenters. The van der Waals surface area contributed by atoms with Crippen molar-refractivity contribution in [3.8, 4) is 11.5 Å². The average Bonchev–Trinajstić information content (AvgIpc) is 2.47. The van der Waals surface area contributed by atoms with Gasteiger partial charge in [-0.1, -0.05) is 29.8 Å². The Kier molecular flexibility index (Phi) is 5.90. The maximum absolute atomic E-state index is 6.10. The minimum absolute atomic E-state index is 0.452. The van der Waals surface area contributed by atoms with Gasteiger partial charge in [-0.2, -0.15) is 0 Å². The van der Waals surface area contributed by atoms with Crippen molar-refractivity contribution in [2.45, 2.75) is 13.3 Å². The van der Waals surface area contributed by atoms with Crippen molar-refractivity contribution >= 4 is 11.6 Å². The lowest BCUT2D eigenvalue weighted by Gasteiger charge is -2.10. The predicted octanol–water partition coefficient (Wildman–Crippen LogP) is 3.61. The molecule has 0 saturated carbocycles. The quantitative estimate of drug-likeness (QED) is 0.795.